The maximum atomic E-state index is 5.67. The van der Waals surface area contributed by atoms with E-state index in [2.05, 4.69) is 69.1 Å². The second-order valence-corrected chi connectivity index (χ2v) is 7.03. The van der Waals surface area contributed by atoms with Gasteiger partial charge in [-0.1, -0.05) is 6.07 Å². The third-order valence-electron chi connectivity index (χ3n) is 4.70. The summed E-state index contributed by atoms with van der Waals surface area (Å²) in [5.74, 6) is 0. The second-order valence-electron chi connectivity index (χ2n) is 6.64. The predicted molar refractivity (Wildman–Crippen MR) is 106 cm³/mol. The summed E-state index contributed by atoms with van der Waals surface area (Å²) in [4.78, 5) is 11.1. The summed E-state index contributed by atoms with van der Waals surface area (Å²) in [6.45, 7) is 4.33. The molecule has 0 aliphatic carbocycles. The van der Waals surface area contributed by atoms with Gasteiger partial charge in [0, 0.05) is 30.3 Å². The number of rotatable bonds is 4. The van der Waals surface area contributed by atoms with Gasteiger partial charge in [-0.15, -0.1) is 0 Å². The number of nitrogens with one attached hydrogen (secondary N) is 1. The molecule has 1 aliphatic rings. The van der Waals surface area contributed by atoms with Crippen LogP contribution in [0.5, 0.6) is 0 Å². The Bertz CT molecular complexity index is 891. The molecule has 0 amide bonds. The summed E-state index contributed by atoms with van der Waals surface area (Å²) in [6.07, 6.45) is 7.56. The van der Waals surface area contributed by atoms with Crippen molar-refractivity contribution in [2.75, 3.05) is 0 Å². The largest absolute Gasteiger partial charge is 0.352 e. The van der Waals surface area contributed by atoms with Crippen LogP contribution in [0.15, 0.2) is 67.3 Å². The van der Waals surface area contributed by atoms with Crippen LogP contribution in [0.3, 0.4) is 0 Å². The highest BCUT2D eigenvalue weighted by atomic mass is 32.1. The number of pyridine rings is 2. The molecule has 2 atom stereocenters. The van der Waals surface area contributed by atoms with Gasteiger partial charge in [0.25, 0.3) is 0 Å². The molecule has 3 aromatic rings. The Hall–Kier alpha value is -2.73. The Labute approximate surface area is 158 Å². The molecule has 0 aromatic carbocycles. The van der Waals surface area contributed by atoms with E-state index >= 15 is 0 Å². The summed E-state index contributed by atoms with van der Waals surface area (Å²) >= 11 is 5.67. The average Bonchev–Trinajstić information content (AvgIpc) is 3.27. The Morgan fingerprint density at radius 2 is 1.96 bits per heavy atom. The molecule has 3 aromatic heterocycles. The molecule has 0 unspecified atom stereocenters. The predicted octanol–water partition coefficient (Wildman–Crippen LogP) is 3.65. The fourth-order valence-corrected chi connectivity index (χ4v) is 4.06. The number of nitrogens with zero attached hydrogens (tertiary/aromatic N) is 4. The highest BCUT2D eigenvalue weighted by Gasteiger charge is 2.42. The fraction of sp³-hybridized carbons (Fsp3) is 0.250. The van der Waals surface area contributed by atoms with E-state index in [1.165, 1.54) is 0 Å². The molecule has 5 nitrogen and oxygen atoms in total. The van der Waals surface area contributed by atoms with E-state index in [1.54, 1.807) is 6.20 Å². The lowest BCUT2D eigenvalue weighted by Crippen LogP contribution is -2.36. The van der Waals surface area contributed by atoms with Crippen LogP contribution < -0.4 is 5.32 Å². The van der Waals surface area contributed by atoms with Crippen LogP contribution in [0.4, 0.5) is 0 Å². The van der Waals surface area contributed by atoms with Crippen LogP contribution in [0.2, 0.25) is 0 Å². The normalized spacial score (nSPS) is 19.8. The first-order valence-corrected chi connectivity index (χ1v) is 9.15. The van der Waals surface area contributed by atoms with E-state index in [0.29, 0.717) is 0 Å². The molecule has 0 bridgehead atoms. The first-order chi connectivity index (χ1) is 12.7. The van der Waals surface area contributed by atoms with E-state index in [0.717, 1.165) is 22.2 Å². The van der Waals surface area contributed by atoms with Gasteiger partial charge in [0.1, 0.15) is 0 Å². The van der Waals surface area contributed by atoms with Crippen LogP contribution >= 0.6 is 12.2 Å². The summed E-state index contributed by atoms with van der Waals surface area (Å²) in [7, 11) is 0. The van der Waals surface area contributed by atoms with Crippen LogP contribution in [0.25, 0.3) is 5.69 Å². The molecular formula is C20H21N5S. The van der Waals surface area contributed by atoms with E-state index in [-0.39, 0.29) is 18.1 Å². The molecule has 4 rings (SSSR count). The summed E-state index contributed by atoms with van der Waals surface area (Å²) < 4.78 is 2.18. The Morgan fingerprint density at radius 3 is 2.65 bits per heavy atom. The minimum absolute atomic E-state index is 0.00331. The maximum absolute atomic E-state index is 5.67. The van der Waals surface area contributed by atoms with E-state index in [4.69, 9.17) is 12.2 Å². The summed E-state index contributed by atoms with van der Waals surface area (Å²) in [5, 5.41) is 4.25. The lowest BCUT2D eigenvalue weighted by Gasteiger charge is -2.31. The molecule has 4 heterocycles. The monoisotopic (exact) mass is 363 g/mol. The number of thiocarbonyl (C=S) groups is 1. The minimum atomic E-state index is -0.00331. The van der Waals surface area contributed by atoms with Crippen molar-refractivity contribution in [2.45, 2.75) is 32.0 Å². The molecule has 0 spiro atoms. The lowest BCUT2D eigenvalue weighted by molar-refractivity contribution is 0.262. The first-order valence-electron chi connectivity index (χ1n) is 8.74. The van der Waals surface area contributed by atoms with Crippen molar-refractivity contribution < 1.29 is 0 Å². The minimum Gasteiger partial charge on any atom is -0.352 e. The summed E-state index contributed by atoms with van der Waals surface area (Å²) in [6, 6.07) is 14.5. The van der Waals surface area contributed by atoms with Crippen molar-refractivity contribution in [3.05, 3.63) is 78.6 Å². The van der Waals surface area contributed by atoms with Gasteiger partial charge in [-0.05, 0) is 62.5 Å². The van der Waals surface area contributed by atoms with Crippen LogP contribution in [0.1, 0.15) is 37.3 Å². The van der Waals surface area contributed by atoms with Gasteiger partial charge < -0.3 is 14.8 Å². The third-order valence-corrected chi connectivity index (χ3v) is 5.03. The Balaban J connectivity index is 1.83. The molecule has 1 aliphatic heterocycles. The number of aromatic nitrogens is 3. The van der Waals surface area contributed by atoms with Gasteiger partial charge in [0.2, 0.25) is 0 Å². The topological polar surface area (TPSA) is 46.0 Å². The van der Waals surface area contributed by atoms with E-state index in [9.17, 15) is 0 Å². The van der Waals surface area contributed by atoms with Crippen molar-refractivity contribution in [1.82, 2.24) is 24.8 Å². The van der Waals surface area contributed by atoms with Crippen molar-refractivity contribution in [3.63, 3.8) is 0 Å². The molecule has 1 saturated heterocycles. The zero-order valence-corrected chi connectivity index (χ0v) is 15.6. The SMILES string of the molecule is CC(C)N1C(=S)N[C@H](c2ccccn2)[C@H]1c1cccn1-c1cccnc1. The van der Waals surface area contributed by atoms with Crippen molar-refractivity contribution in [2.24, 2.45) is 0 Å². The first kappa shape index (κ1) is 16.7. The fourth-order valence-electron chi connectivity index (χ4n) is 3.60. The second kappa shape index (κ2) is 6.88. The number of hydrogen-bond acceptors (Lipinski definition) is 3. The van der Waals surface area contributed by atoms with Crippen molar-refractivity contribution in [3.8, 4) is 5.69 Å². The van der Waals surface area contributed by atoms with Gasteiger partial charge in [-0.3, -0.25) is 9.97 Å². The molecule has 26 heavy (non-hydrogen) atoms. The zero-order chi connectivity index (χ0) is 18.1. The maximum Gasteiger partial charge on any atom is 0.170 e. The molecule has 132 valence electrons. The van der Waals surface area contributed by atoms with Crippen LogP contribution in [0, 0.1) is 0 Å². The molecule has 0 radical (unpaired) electrons. The van der Waals surface area contributed by atoms with Gasteiger partial charge in [0.15, 0.2) is 5.11 Å². The van der Waals surface area contributed by atoms with E-state index < -0.39 is 0 Å². The van der Waals surface area contributed by atoms with Gasteiger partial charge in [-0.25, -0.2) is 0 Å². The Kier molecular flexibility index (Phi) is 4.42. The number of hydrogen-bond donors (Lipinski definition) is 1. The third kappa shape index (κ3) is 2.86. The van der Waals surface area contributed by atoms with Crippen molar-refractivity contribution in [1.29, 1.82) is 0 Å². The highest BCUT2D eigenvalue weighted by molar-refractivity contribution is 7.80. The average molecular weight is 363 g/mol. The molecular weight excluding hydrogens is 342 g/mol. The highest BCUT2D eigenvalue weighted by Crippen LogP contribution is 2.40. The van der Waals surface area contributed by atoms with Gasteiger partial charge in [0.05, 0.1) is 29.7 Å². The lowest BCUT2D eigenvalue weighted by atomic mass is 10.0. The van der Waals surface area contributed by atoms with Gasteiger partial charge >= 0.3 is 0 Å². The quantitative estimate of drug-likeness (QED) is 0.717. The van der Waals surface area contributed by atoms with Gasteiger partial charge in [-0.2, -0.15) is 0 Å². The molecule has 1 fully saturated rings. The van der Waals surface area contributed by atoms with Crippen LogP contribution in [-0.4, -0.2) is 30.6 Å². The standard InChI is InChI=1S/C20H21N5S/c1-14(2)25-19(18(23-20(25)26)16-8-3-4-11-22-16)17-9-6-12-24(17)15-7-5-10-21-13-15/h3-14,18-19H,1-2H3,(H,23,26)/t18-,19-/m1/s1. The van der Waals surface area contributed by atoms with Crippen molar-refractivity contribution >= 4 is 17.3 Å². The smallest absolute Gasteiger partial charge is 0.170 e. The molecule has 1 N–H and O–H groups in total. The molecule has 6 heteroatoms. The summed E-state index contributed by atoms with van der Waals surface area (Å²) in [5.41, 5.74) is 3.19. The zero-order valence-electron chi connectivity index (χ0n) is 14.8. The molecule has 0 saturated carbocycles. The van der Waals surface area contributed by atoms with E-state index in [1.807, 2.05) is 30.6 Å². The Morgan fingerprint density at radius 1 is 1.08 bits per heavy atom. The van der Waals surface area contributed by atoms with Crippen LogP contribution in [-0.2, 0) is 0 Å².